The van der Waals surface area contributed by atoms with Crippen molar-refractivity contribution in [3.63, 3.8) is 0 Å². The highest BCUT2D eigenvalue weighted by molar-refractivity contribution is 6.36. The lowest BCUT2D eigenvalue weighted by molar-refractivity contribution is -0.114. The van der Waals surface area contributed by atoms with Crippen molar-refractivity contribution in [3.8, 4) is 0 Å². The Balaban J connectivity index is 1.77. The minimum absolute atomic E-state index is 0.145. The average Bonchev–Trinajstić information content (AvgIpc) is 2.55. The van der Waals surface area contributed by atoms with Gasteiger partial charge in [-0.2, -0.15) is 0 Å². The quantitative estimate of drug-likeness (QED) is 0.660. The lowest BCUT2D eigenvalue weighted by atomic mass is 9.96. The van der Waals surface area contributed by atoms with Crippen LogP contribution in [0.2, 0.25) is 10.0 Å². The molecule has 1 aliphatic heterocycles. The number of nitrogens with one attached hydrogen (secondary N) is 3. The molecular weight excluding hydrogens is 373 g/mol. The van der Waals surface area contributed by atoms with Gasteiger partial charge in [-0.05, 0) is 48.4 Å². The fourth-order valence-electron chi connectivity index (χ4n) is 2.82. The summed E-state index contributed by atoms with van der Waals surface area (Å²) >= 11 is 12.4. The van der Waals surface area contributed by atoms with Gasteiger partial charge in [0.25, 0.3) is 0 Å². The van der Waals surface area contributed by atoms with Gasteiger partial charge in [0.15, 0.2) is 0 Å². The summed E-state index contributed by atoms with van der Waals surface area (Å²) in [5, 5.41) is 9.79. The number of anilines is 3. The second-order valence-electron chi connectivity index (χ2n) is 5.90. The number of carbonyl (C=O) groups excluding carboxylic acids is 2. The van der Waals surface area contributed by atoms with E-state index in [0.29, 0.717) is 34.4 Å². The Morgan fingerprint density at radius 1 is 1.08 bits per heavy atom. The Morgan fingerprint density at radius 2 is 1.73 bits per heavy atom. The van der Waals surface area contributed by atoms with Crippen LogP contribution < -0.4 is 16.0 Å². The van der Waals surface area contributed by atoms with Crippen LogP contribution in [0.25, 0.3) is 5.57 Å². The first-order valence-corrected chi connectivity index (χ1v) is 8.80. The molecule has 2 aromatic rings. The maximum Gasteiger partial charge on any atom is 0.248 e. The van der Waals surface area contributed by atoms with Crippen LogP contribution >= 0.6 is 23.2 Å². The molecule has 134 valence electrons. The summed E-state index contributed by atoms with van der Waals surface area (Å²) in [6, 6.07) is 10.4. The van der Waals surface area contributed by atoms with Crippen molar-refractivity contribution in [2.75, 3.05) is 22.5 Å². The van der Waals surface area contributed by atoms with Crippen molar-refractivity contribution < 1.29 is 9.59 Å². The summed E-state index contributed by atoms with van der Waals surface area (Å²) in [7, 11) is 0. The minimum Gasteiger partial charge on any atom is -0.384 e. The lowest BCUT2D eigenvalue weighted by Gasteiger charge is -2.22. The zero-order valence-electron chi connectivity index (χ0n) is 14.0. The van der Waals surface area contributed by atoms with Gasteiger partial charge in [0.2, 0.25) is 11.8 Å². The number of halogens is 2. The molecule has 0 aromatic heterocycles. The highest BCUT2D eigenvalue weighted by atomic mass is 35.5. The zero-order valence-corrected chi connectivity index (χ0v) is 15.5. The predicted octanol–water partition coefficient (Wildman–Crippen LogP) is 4.79. The first-order valence-electron chi connectivity index (χ1n) is 8.05. The summed E-state index contributed by atoms with van der Waals surface area (Å²) in [5.41, 5.74) is 3.79. The number of fused-ring (bicyclic) bond motifs is 1. The number of hydrogen-bond donors (Lipinski definition) is 3. The molecule has 0 atom stereocenters. The van der Waals surface area contributed by atoms with Crippen molar-refractivity contribution in [3.05, 3.63) is 58.1 Å². The second-order valence-corrected chi connectivity index (χ2v) is 6.75. The van der Waals surface area contributed by atoms with E-state index in [9.17, 15) is 9.59 Å². The van der Waals surface area contributed by atoms with Crippen LogP contribution in [0.15, 0.2) is 42.5 Å². The van der Waals surface area contributed by atoms with Crippen molar-refractivity contribution in [1.82, 2.24) is 0 Å². The summed E-state index contributed by atoms with van der Waals surface area (Å²) < 4.78 is 0. The molecule has 7 heteroatoms. The molecule has 1 aliphatic rings. The van der Waals surface area contributed by atoms with Gasteiger partial charge in [-0.3, -0.25) is 9.59 Å². The smallest absolute Gasteiger partial charge is 0.248 e. The SMILES string of the molecule is CC(=O)Nc1ccc(NC(=O)C=C2CCNc3cc(Cl)cc(Cl)c32)cc1. The largest absolute Gasteiger partial charge is 0.384 e. The minimum atomic E-state index is -0.244. The second kappa shape index (κ2) is 7.81. The number of carbonyl (C=O) groups is 2. The van der Waals surface area contributed by atoms with E-state index >= 15 is 0 Å². The van der Waals surface area contributed by atoms with Crippen LogP contribution in [0.3, 0.4) is 0 Å². The summed E-state index contributed by atoms with van der Waals surface area (Å²) in [6.45, 7) is 2.14. The maximum atomic E-state index is 12.4. The lowest BCUT2D eigenvalue weighted by Crippen LogP contribution is -2.15. The predicted molar refractivity (Wildman–Crippen MR) is 107 cm³/mol. The molecule has 0 bridgehead atoms. The van der Waals surface area contributed by atoms with Crippen LogP contribution in [-0.2, 0) is 9.59 Å². The van der Waals surface area contributed by atoms with Crippen LogP contribution in [0.5, 0.6) is 0 Å². The van der Waals surface area contributed by atoms with E-state index in [0.717, 1.165) is 16.8 Å². The van der Waals surface area contributed by atoms with E-state index in [1.165, 1.54) is 6.92 Å². The normalized spacial score (nSPS) is 14.3. The van der Waals surface area contributed by atoms with Crippen molar-refractivity contribution in [2.24, 2.45) is 0 Å². The van der Waals surface area contributed by atoms with Crippen molar-refractivity contribution in [1.29, 1.82) is 0 Å². The molecule has 0 saturated heterocycles. The molecule has 1 heterocycles. The number of rotatable bonds is 3. The Bertz CT molecular complexity index is 892. The molecule has 2 aromatic carbocycles. The molecular formula is C19H17Cl2N3O2. The first kappa shape index (κ1) is 18.3. The number of benzene rings is 2. The molecule has 2 amide bonds. The van der Waals surface area contributed by atoms with E-state index in [-0.39, 0.29) is 11.8 Å². The third-order valence-electron chi connectivity index (χ3n) is 3.86. The average molecular weight is 390 g/mol. The summed E-state index contributed by atoms with van der Waals surface area (Å²) in [5.74, 6) is -0.390. The monoisotopic (exact) mass is 389 g/mol. The molecule has 0 unspecified atom stereocenters. The Morgan fingerprint density at radius 3 is 2.38 bits per heavy atom. The Labute approximate surface area is 161 Å². The van der Waals surface area contributed by atoms with Crippen molar-refractivity contribution >= 4 is 57.7 Å². The third-order valence-corrected chi connectivity index (χ3v) is 4.38. The molecule has 3 N–H and O–H groups in total. The van der Waals surface area contributed by atoms with E-state index in [4.69, 9.17) is 23.2 Å². The van der Waals surface area contributed by atoms with Gasteiger partial charge in [-0.25, -0.2) is 0 Å². The van der Waals surface area contributed by atoms with Crippen LogP contribution in [0.4, 0.5) is 17.1 Å². The highest BCUT2D eigenvalue weighted by Crippen LogP contribution is 2.38. The van der Waals surface area contributed by atoms with Crippen molar-refractivity contribution in [2.45, 2.75) is 13.3 Å². The molecule has 0 fully saturated rings. The molecule has 0 spiro atoms. The van der Waals surface area contributed by atoms with Gasteiger partial charge in [-0.15, -0.1) is 0 Å². The number of amides is 2. The van der Waals surface area contributed by atoms with Gasteiger partial charge in [0.05, 0.1) is 5.02 Å². The Kier molecular flexibility index (Phi) is 5.49. The fraction of sp³-hybridized carbons (Fsp3) is 0.158. The fourth-order valence-corrected chi connectivity index (χ4v) is 3.43. The molecule has 0 aliphatic carbocycles. The summed E-state index contributed by atoms with van der Waals surface area (Å²) in [6.07, 6.45) is 2.24. The molecule has 5 nitrogen and oxygen atoms in total. The Hall–Kier alpha value is -2.50. The molecule has 0 saturated carbocycles. The van der Waals surface area contributed by atoms with Gasteiger partial charge in [0.1, 0.15) is 0 Å². The van der Waals surface area contributed by atoms with Gasteiger partial charge >= 0.3 is 0 Å². The van der Waals surface area contributed by atoms with E-state index in [1.54, 1.807) is 42.5 Å². The molecule has 0 radical (unpaired) electrons. The van der Waals surface area contributed by atoms with Crippen LogP contribution in [0, 0.1) is 0 Å². The summed E-state index contributed by atoms with van der Waals surface area (Å²) in [4.78, 5) is 23.4. The first-order chi connectivity index (χ1) is 12.4. The van der Waals surface area contributed by atoms with E-state index in [2.05, 4.69) is 16.0 Å². The van der Waals surface area contributed by atoms with E-state index in [1.807, 2.05) is 0 Å². The van der Waals surface area contributed by atoms with Gasteiger partial charge < -0.3 is 16.0 Å². The van der Waals surface area contributed by atoms with Gasteiger partial charge in [-0.1, -0.05) is 23.2 Å². The number of hydrogen-bond acceptors (Lipinski definition) is 3. The topological polar surface area (TPSA) is 70.2 Å². The van der Waals surface area contributed by atoms with Crippen LogP contribution in [-0.4, -0.2) is 18.4 Å². The molecule has 3 rings (SSSR count). The maximum absolute atomic E-state index is 12.4. The highest BCUT2D eigenvalue weighted by Gasteiger charge is 2.19. The van der Waals surface area contributed by atoms with Crippen LogP contribution in [0.1, 0.15) is 18.9 Å². The van der Waals surface area contributed by atoms with Gasteiger partial charge in [0, 0.05) is 47.2 Å². The third kappa shape index (κ3) is 4.36. The zero-order chi connectivity index (χ0) is 18.7. The molecule has 26 heavy (non-hydrogen) atoms. The van der Waals surface area contributed by atoms with E-state index < -0.39 is 0 Å². The standard InChI is InChI=1S/C19H17Cl2N3O2/c1-11(25)23-14-2-4-15(5-3-14)24-18(26)8-12-6-7-22-17-10-13(20)9-16(21)19(12)17/h2-5,8-10,22H,6-7H2,1H3,(H,23,25)(H,24,26).